The van der Waals surface area contributed by atoms with Gasteiger partial charge in [-0.3, -0.25) is 9.59 Å². The first-order valence-electron chi connectivity index (χ1n) is 33.7. The number of amides is 1. The lowest BCUT2D eigenvalue weighted by molar-refractivity contribution is -0.143. The molecule has 0 bridgehead atoms. The number of aliphatic hydroxyl groups excluding tert-OH is 2. The molecule has 442 valence electrons. The maximum Gasteiger partial charge on any atom is 0.305 e. The Bertz CT molecular complexity index is 1210. The second-order valence-electron chi connectivity index (χ2n) is 23.1. The maximum absolute atomic E-state index is 12.5. The highest BCUT2D eigenvalue weighted by molar-refractivity contribution is 5.76. The number of nitrogens with one attached hydrogen (secondary N) is 1. The Kier molecular flexibility index (Phi) is 63.0. The Morgan fingerprint density at radius 2 is 0.667 bits per heavy atom. The van der Waals surface area contributed by atoms with Gasteiger partial charge in [-0.15, -0.1) is 0 Å². The summed E-state index contributed by atoms with van der Waals surface area (Å²) in [6, 6.07) is -0.556. The average Bonchev–Trinajstić information content (AvgIpc) is 3.41. The van der Waals surface area contributed by atoms with Crippen molar-refractivity contribution in [2.75, 3.05) is 13.2 Å². The molecule has 0 aliphatic heterocycles. The molecule has 0 aliphatic rings. The number of hydrogen-bond donors (Lipinski definition) is 3. The van der Waals surface area contributed by atoms with Crippen molar-refractivity contribution in [3.05, 3.63) is 36.5 Å². The van der Waals surface area contributed by atoms with E-state index in [0.717, 1.165) is 70.6 Å². The van der Waals surface area contributed by atoms with Gasteiger partial charge >= 0.3 is 5.97 Å². The summed E-state index contributed by atoms with van der Waals surface area (Å²) in [4.78, 5) is 24.6. The van der Waals surface area contributed by atoms with Crippen LogP contribution in [-0.4, -0.2) is 47.4 Å². The van der Waals surface area contributed by atoms with Crippen LogP contribution in [0.25, 0.3) is 0 Å². The summed E-state index contributed by atoms with van der Waals surface area (Å²) in [5.41, 5.74) is 0. The lowest BCUT2D eigenvalue weighted by atomic mass is 10.0. The molecule has 6 heteroatoms. The molecule has 6 nitrogen and oxygen atoms in total. The molecule has 3 N–H and O–H groups in total. The number of carbonyl (C=O) groups excluding carboxylic acids is 2. The van der Waals surface area contributed by atoms with Gasteiger partial charge in [0.25, 0.3) is 0 Å². The van der Waals surface area contributed by atoms with Crippen molar-refractivity contribution in [2.24, 2.45) is 0 Å². The van der Waals surface area contributed by atoms with Crippen molar-refractivity contribution >= 4 is 11.9 Å². The number of hydrogen-bond acceptors (Lipinski definition) is 5. The zero-order chi connectivity index (χ0) is 54.3. The number of unbranched alkanes of at least 4 members (excludes halogenated alkanes) is 46. The van der Waals surface area contributed by atoms with Gasteiger partial charge in [-0.2, -0.15) is 0 Å². The lowest BCUT2D eigenvalue weighted by Gasteiger charge is -2.22. The van der Waals surface area contributed by atoms with Gasteiger partial charge in [-0.05, 0) is 83.5 Å². The van der Waals surface area contributed by atoms with Crippen LogP contribution >= 0.6 is 0 Å². The SMILES string of the molecule is CCCCC/C=C\C/C=C\CCCCCCCCCCCC(=O)OCCCCCCCCC/C=C\CCCCCCCC(=O)NC(CO)C(O)CCCCCCCCCCCCCCCCCCCCCCCCC. The van der Waals surface area contributed by atoms with Gasteiger partial charge < -0.3 is 20.3 Å². The van der Waals surface area contributed by atoms with Crippen LogP contribution in [0.5, 0.6) is 0 Å². The van der Waals surface area contributed by atoms with E-state index in [1.165, 1.54) is 263 Å². The summed E-state index contributed by atoms with van der Waals surface area (Å²) in [7, 11) is 0. The Balaban J connectivity index is 3.45. The molecule has 0 fully saturated rings. The van der Waals surface area contributed by atoms with Gasteiger partial charge in [0, 0.05) is 12.8 Å². The molecular weight excluding hydrogens is 923 g/mol. The molecule has 0 heterocycles. The number of carbonyl (C=O) groups is 2. The fourth-order valence-electron chi connectivity index (χ4n) is 10.5. The minimum Gasteiger partial charge on any atom is -0.466 e. The minimum atomic E-state index is -0.677. The van der Waals surface area contributed by atoms with E-state index < -0.39 is 12.1 Å². The van der Waals surface area contributed by atoms with Crippen molar-refractivity contribution in [1.82, 2.24) is 5.32 Å². The van der Waals surface area contributed by atoms with E-state index in [2.05, 4.69) is 55.6 Å². The fraction of sp³-hybridized carbons (Fsp3) is 0.884. The van der Waals surface area contributed by atoms with Crippen LogP contribution < -0.4 is 5.32 Å². The zero-order valence-corrected chi connectivity index (χ0v) is 50.5. The van der Waals surface area contributed by atoms with Crippen LogP contribution in [0.2, 0.25) is 0 Å². The highest BCUT2D eigenvalue weighted by Crippen LogP contribution is 2.18. The highest BCUT2D eigenvalue weighted by atomic mass is 16.5. The summed E-state index contributed by atoms with van der Waals surface area (Å²) in [5, 5.41) is 23.4. The molecule has 1 amide bonds. The van der Waals surface area contributed by atoms with E-state index in [1.54, 1.807) is 0 Å². The monoisotopic (exact) mass is 1050 g/mol. The molecule has 0 aromatic heterocycles. The Morgan fingerprint density at radius 1 is 0.373 bits per heavy atom. The second kappa shape index (κ2) is 64.6. The van der Waals surface area contributed by atoms with Crippen LogP contribution in [-0.2, 0) is 14.3 Å². The van der Waals surface area contributed by atoms with Crippen LogP contribution in [0.3, 0.4) is 0 Å². The van der Waals surface area contributed by atoms with E-state index in [0.29, 0.717) is 25.9 Å². The molecule has 0 saturated carbocycles. The summed E-state index contributed by atoms with van der Waals surface area (Å²) in [6.45, 7) is 4.93. The summed E-state index contributed by atoms with van der Waals surface area (Å²) in [6.07, 6.45) is 81.6. The quantitative estimate of drug-likeness (QED) is 0.0320. The third-order valence-corrected chi connectivity index (χ3v) is 15.7. The molecule has 2 atom stereocenters. The molecule has 0 saturated heterocycles. The number of aliphatic hydroxyl groups is 2. The van der Waals surface area contributed by atoms with E-state index in [-0.39, 0.29) is 18.5 Å². The molecule has 0 aromatic carbocycles. The van der Waals surface area contributed by atoms with Crippen LogP contribution in [0.1, 0.15) is 367 Å². The number of esters is 1. The topological polar surface area (TPSA) is 95.9 Å². The van der Waals surface area contributed by atoms with Gasteiger partial charge in [0.05, 0.1) is 25.4 Å². The summed E-state index contributed by atoms with van der Waals surface area (Å²) >= 11 is 0. The Labute approximate surface area is 468 Å². The summed E-state index contributed by atoms with van der Waals surface area (Å²) in [5.74, 6) is -0.0544. The molecule has 75 heavy (non-hydrogen) atoms. The lowest BCUT2D eigenvalue weighted by Crippen LogP contribution is -2.45. The third-order valence-electron chi connectivity index (χ3n) is 15.7. The highest BCUT2D eigenvalue weighted by Gasteiger charge is 2.20. The van der Waals surface area contributed by atoms with Crippen molar-refractivity contribution in [1.29, 1.82) is 0 Å². The summed E-state index contributed by atoms with van der Waals surface area (Å²) < 4.78 is 5.49. The van der Waals surface area contributed by atoms with Gasteiger partial charge in [0.2, 0.25) is 5.91 Å². The average molecular weight is 1050 g/mol. The third kappa shape index (κ3) is 61.2. The first-order chi connectivity index (χ1) is 37.0. The smallest absolute Gasteiger partial charge is 0.305 e. The predicted molar refractivity (Wildman–Crippen MR) is 329 cm³/mol. The van der Waals surface area contributed by atoms with Crippen molar-refractivity contribution in [2.45, 2.75) is 379 Å². The Hall–Kier alpha value is -1.92. The van der Waals surface area contributed by atoms with Gasteiger partial charge in [0.15, 0.2) is 0 Å². The maximum atomic E-state index is 12.5. The minimum absolute atomic E-state index is 0.00576. The van der Waals surface area contributed by atoms with Gasteiger partial charge in [-0.25, -0.2) is 0 Å². The number of allylic oxidation sites excluding steroid dienone is 6. The molecule has 0 aliphatic carbocycles. The molecule has 2 unspecified atom stereocenters. The number of ether oxygens (including phenoxy) is 1. The first kappa shape index (κ1) is 73.1. The zero-order valence-electron chi connectivity index (χ0n) is 50.5. The van der Waals surface area contributed by atoms with Crippen molar-refractivity contribution < 1.29 is 24.5 Å². The van der Waals surface area contributed by atoms with Gasteiger partial charge in [-0.1, -0.05) is 307 Å². The number of rotatable bonds is 63. The van der Waals surface area contributed by atoms with Crippen molar-refractivity contribution in [3.8, 4) is 0 Å². The van der Waals surface area contributed by atoms with Crippen molar-refractivity contribution in [3.63, 3.8) is 0 Å². The molecule has 0 spiro atoms. The largest absolute Gasteiger partial charge is 0.466 e. The van der Waals surface area contributed by atoms with Gasteiger partial charge in [0.1, 0.15) is 0 Å². The first-order valence-corrected chi connectivity index (χ1v) is 33.7. The molecule has 0 radical (unpaired) electrons. The normalized spacial score (nSPS) is 12.7. The fourth-order valence-corrected chi connectivity index (χ4v) is 10.5. The van der Waals surface area contributed by atoms with E-state index in [4.69, 9.17) is 4.74 Å². The van der Waals surface area contributed by atoms with E-state index >= 15 is 0 Å². The molecule has 0 aromatic rings. The van der Waals surface area contributed by atoms with Crippen LogP contribution in [0.15, 0.2) is 36.5 Å². The van der Waals surface area contributed by atoms with Crippen LogP contribution in [0, 0.1) is 0 Å². The van der Waals surface area contributed by atoms with E-state index in [1.807, 2.05) is 0 Å². The Morgan fingerprint density at radius 3 is 1.05 bits per heavy atom. The van der Waals surface area contributed by atoms with Crippen LogP contribution in [0.4, 0.5) is 0 Å². The van der Waals surface area contributed by atoms with E-state index in [9.17, 15) is 19.8 Å². The standard InChI is InChI=1S/C69H131NO5/c1-3-5-7-9-11-13-15-17-19-21-23-24-25-26-28-29-33-37-41-45-49-53-57-61-67(72)66(65-71)70-68(73)62-58-54-50-46-42-38-34-31-32-36-40-44-48-52-56-60-64-75-69(74)63-59-55-51-47-43-39-35-30-27-22-20-18-16-14-12-10-8-6-4-2/h12,14,18,20,31,34,66-67,71-72H,3-11,13,15-17,19,21-30,32-33,35-65H2,1-2H3,(H,70,73)/b14-12-,20-18-,34-31-. The predicted octanol–water partition coefficient (Wildman–Crippen LogP) is 21.5. The molecular formula is C69H131NO5. The second-order valence-corrected chi connectivity index (χ2v) is 23.1. The molecule has 0 rings (SSSR count).